The van der Waals surface area contributed by atoms with Crippen molar-refractivity contribution in [1.29, 1.82) is 0 Å². The zero-order valence-electron chi connectivity index (χ0n) is 8.85. The maximum absolute atomic E-state index is 6.09. The van der Waals surface area contributed by atoms with Gasteiger partial charge < -0.3 is 10.6 Å². The van der Waals surface area contributed by atoms with Crippen LogP contribution in [0.25, 0.3) is 0 Å². The van der Waals surface area contributed by atoms with Gasteiger partial charge in [0, 0.05) is 12.1 Å². The second kappa shape index (κ2) is 3.00. The molecule has 2 heteroatoms. The summed E-state index contributed by atoms with van der Waals surface area (Å²) in [6.07, 6.45) is 3.62. The zero-order valence-corrected chi connectivity index (χ0v) is 8.85. The summed E-state index contributed by atoms with van der Waals surface area (Å²) in [4.78, 5) is 2.24. The summed E-state index contributed by atoms with van der Waals surface area (Å²) in [7, 11) is 4.25. The van der Waals surface area contributed by atoms with Crippen LogP contribution in [0.1, 0.15) is 33.1 Å². The highest BCUT2D eigenvalue weighted by molar-refractivity contribution is 5.02. The van der Waals surface area contributed by atoms with Gasteiger partial charge in [-0.1, -0.05) is 13.8 Å². The van der Waals surface area contributed by atoms with Crippen molar-refractivity contribution in [2.45, 2.75) is 38.6 Å². The lowest BCUT2D eigenvalue weighted by Gasteiger charge is -2.30. The topological polar surface area (TPSA) is 29.3 Å². The molecule has 1 rings (SSSR count). The highest BCUT2D eigenvalue weighted by atomic mass is 15.1. The molecule has 1 saturated carbocycles. The SMILES string of the molecule is CN(C)CC(C)(C)CC1(N)CC1. The maximum atomic E-state index is 6.09. The Kier molecular flexibility index (Phi) is 2.50. The minimum absolute atomic E-state index is 0.194. The standard InChI is InChI=1S/C10H22N2/c1-9(2,8-12(3)4)7-10(11)5-6-10/h5-8,11H2,1-4H3. The van der Waals surface area contributed by atoms with E-state index >= 15 is 0 Å². The minimum atomic E-state index is 0.194. The summed E-state index contributed by atoms with van der Waals surface area (Å²) in [5.41, 5.74) is 6.65. The van der Waals surface area contributed by atoms with Crippen LogP contribution in [-0.4, -0.2) is 31.1 Å². The van der Waals surface area contributed by atoms with Crippen LogP contribution in [-0.2, 0) is 0 Å². The van der Waals surface area contributed by atoms with Crippen LogP contribution in [0.3, 0.4) is 0 Å². The van der Waals surface area contributed by atoms with Gasteiger partial charge in [-0.2, -0.15) is 0 Å². The molecule has 0 bridgehead atoms. The van der Waals surface area contributed by atoms with Crippen molar-refractivity contribution in [3.63, 3.8) is 0 Å². The van der Waals surface area contributed by atoms with E-state index in [0.29, 0.717) is 5.41 Å². The fraction of sp³-hybridized carbons (Fsp3) is 1.00. The molecule has 0 radical (unpaired) electrons. The first kappa shape index (κ1) is 10.0. The molecule has 1 fully saturated rings. The third-order valence-corrected chi connectivity index (χ3v) is 2.47. The molecule has 0 heterocycles. The lowest BCUT2D eigenvalue weighted by molar-refractivity contribution is 0.207. The van der Waals surface area contributed by atoms with Crippen molar-refractivity contribution < 1.29 is 0 Å². The quantitative estimate of drug-likeness (QED) is 0.692. The van der Waals surface area contributed by atoms with Gasteiger partial charge in [-0.25, -0.2) is 0 Å². The fourth-order valence-electron chi connectivity index (χ4n) is 2.20. The Bertz CT molecular complexity index is 157. The van der Waals surface area contributed by atoms with E-state index < -0.39 is 0 Å². The molecule has 0 aromatic rings. The van der Waals surface area contributed by atoms with Crippen molar-refractivity contribution in [1.82, 2.24) is 4.90 Å². The average Bonchev–Trinajstić information content (AvgIpc) is 2.40. The largest absolute Gasteiger partial charge is 0.325 e. The second-order valence-corrected chi connectivity index (χ2v) is 5.44. The molecule has 0 saturated heterocycles. The molecule has 1 aliphatic rings. The lowest BCUT2D eigenvalue weighted by atomic mass is 9.84. The Morgan fingerprint density at radius 3 is 2.17 bits per heavy atom. The molecular formula is C10H22N2. The van der Waals surface area contributed by atoms with Gasteiger partial charge in [0.25, 0.3) is 0 Å². The molecule has 2 N–H and O–H groups in total. The Morgan fingerprint density at radius 2 is 1.83 bits per heavy atom. The molecule has 0 spiro atoms. The van der Waals surface area contributed by atoms with E-state index in [1.54, 1.807) is 0 Å². The van der Waals surface area contributed by atoms with Crippen LogP contribution >= 0.6 is 0 Å². The van der Waals surface area contributed by atoms with Gasteiger partial charge in [0.05, 0.1) is 0 Å². The van der Waals surface area contributed by atoms with Gasteiger partial charge in [0.15, 0.2) is 0 Å². The number of rotatable bonds is 4. The summed E-state index contributed by atoms with van der Waals surface area (Å²) >= 11 is 0. The highest BCUT2D eigenvalue weighted by Gasteiger charge is 2.42. The molecule has 0 atom stereocenters. The number of hydrogen-bond donors (Lipinski definition) is 1. The smallest absolute Gasteiger partial charge is 0.0161 e. The molecule has 0 amide bonds. The maximum Gasteiger partial charge on any atom is 0.0161 e. The van der Waals surface area contributed by atoms with Crippen molar-refractivity contribution in [3.8, 4) is 0 Å². The third-order valence-electron chi connectivity index (χ3n) is 2.47. The average molecular weight is 170 g/mol. The summed E-state index contributed by atoms with van der Waals surface area (Å²) < 4.78 is 0. The Balaban J connectivity index is 2.37. The van der Waals surface area contributed by atoms with Crippen molar-refractivity contribution in [3.05, 3.63) is 0 Å². The van der Waals surface area contributed by atoms with E-state index in [4.69, 9.17) is 5.73 Å². The fourth-order valence-corrected chi connectivity index (χ4v) is 2.20. The van der Waals surface area contributed by atoms with Crippen LogP contribution in [0.2, 0.25) is 0 Å². The molecule has 0 aromatic carbocycles. The summed E-state index contributed by atoms with van der Waals surface area (Å²) in [6, 6.07) is 0. The van der Waals surface area contributed by atoms with Gasteiger partial charge >= 0.3 is 0 Å². The van der Waals surface area contributed by atoms with E-state index in [0.717, 1.165) is 13.0 Å². The molecule has 0 aromatic heterocycles. The monoisotopic (exact) mass is 170 g/mol. The predicted octanol–water partition coefficient (Wildman–Crippen LogP) is 1.46. The van der Waals surface area contributed by atoms with Gasteiger partial charge in [0.2, 0.25) is 0 Å². The first-order chi connectivity index (χ1) is 5.33. The van der Waals surface area contributed by atoms with E-state index in [-0.39, 0.29) is 5.54 Å². The van der Waals surface area contributed by atoms with Crippen molar-refractivity contribution in [2.75, 3.05) is 20.6 Å². The molecular weight excluding hydrogens is 148 g/mol. The first-order valence-electron chi connectivity index (χ1n) is 4.77. The van der Waals surface area contributed by atoms with Crippen LogP contribution in [0.4, 0.5) is 0 Å². The van der Waals surface area contributed by atoms with E-state index in [1.807, 2.05) is 0 Å². The number of hydrogen-bond acceptors (Lipinski definition) is 2. The Morgan fingerprint density at radius 1 is 1.33 bits per heavy atom. The van der Waals surface area contributed by atoms with Gasteiger partial charge in [-0.15, -0.1) is 0 Å². The van der Waals surface area contributed by atoms with Gasteiger partial charge in [-0.05, 0) is 38.8 Å². The summed E-state index contributed by atoms with van der Waals surface area (Å²) in [6.45, 7) is 5.74. The zero-order chi connectivity index (χ0) is 9.41. The van der Waals surface area contributed by atoms with Crippen molar-refractivity contribution >= 4 is 0 Å². The minimum Gasteiger partial charge on any atom is -0.325 e. The normalized spacial score (nSPS) is 21.5. The van der Waals surface area contributed by atoms with Crippen LogP contribution in [0.15, 0.2) is 0 Å². The first-order valence-corrected chi connectivity index (χ1v) is 4.77. The Hall–Kier alpha value is -0.0800. The Labute approximate surface area is 76.1 Å². The number of nitrogens with two attached hydrogens (primary N) is 1. The summed E-state index contributed by atoms with van der Waals surface area (Å²) in [5.74, 6) is 0. The molecule has 2 nitrogen and oxygen atoms in total. The molecule has 0 aliphatic heterocycles. The van der Waals surface area contributed by atoms with Gasteiger partial charge in [-0.3, -0.25) is 0 Å². The molecule has 12 heavy (non-hydrogen) atoms. The molecule has 1 aliphatic carbocycles. The van der Waals surface area contributed by atoms with E-state index in [1.165, 1.54) is 12.8 Å². The second-order valence-electron chi connectivity index (χ2n) is 5.44. The molecule has 0 unspecified atom stereocenters. The van der Waals surface area contributed by atoms with Crippen LogP contribution in [0.5, 0.6) is 0 Å². The van der Waals surface area contributed by atoms with Gasteiger partial charge in [0.1, 0.15) is 0 Å². The lowest BCUT2D eigenvalue weighted by Crippen LogP contribution is -2.36. The van der Waals surface area contributed by atoms with Crippen LogP contribution < -0.4 is 5.73 Å². The number of nitrogens with zero attached hydrogens (tertiary/aromatic N) is 1. The van der Waals surface area contributed by atoms with Crippen molar-refractivity contribution in [2.24, 2.45) is 11.1 Å². The van der Waals surface area contributed by atoms with Crippen LogP contribution in [0, 0.1) is 5.41 Å². The predicted molar refractivity (Wildman–Crippen MR) is 53.1 cm³/mol. The summed E-state index contributed by atoms with van der Waals surface area (Å²) in [5, 5.41) is 0. The third kappa shape index (κ3) is 3.11. The van der Waals surface area contributed by atoms with E-state index in [9.17, 15) is 0 Å². The highest BCUT2D eigenvalue weighted by Crippen LogP contribution is 2.42. The molecule has 72 valence electrons. The van der Waals surface area contributed by atoms with E-state index in [2.05, 4.69) is 32.8 Å².